The molecule has 1 heterocycles. The molecule has 0 saturated heterocycles. The number of nitrogens with one attached hydrogen (secondary N) is 2. The predicted octanol–water partition coefficient (Wildman–Crippen LogP) is 2.19. The fraction of sp³-hybridized carbons (Fsp3) is 0.211. The molecular formula is C19H20N4O3. The Labute approximate surface area is 151 Å². The molecule has 3 rings (SSSR count). The van der Waals surface area contributed by atoms with Gasteiger partial charge < -0.3 is 14.7 Å². The van der Waals surface area contributed by atoms with E-state index in [1.54, 1.807) is 0 Å². The first-order chi connectivity index (χ1) is 12.6. The predicted molar refractivity (Wildman–Crippen MR) is 98.5 cm³/mol. The zero-order valence-electron chi connectivity index (χ0n) is 14.6. The van der Waals surface area contributed by atoms with E-state index in [4.69, 9.17) is 0 Å². The second-order valence-electron chi connectivity index (χ2n) is 6.10. The van der Waals surface area contributed by atoms with Crippen LogP contribution >= 0.6 is 0 Å². The number of benzene rings is 2. The van der Waals surface area contributed by atoms with Crippen LogP contribution in [0.5, 0.6) is 0 Å². The molecule has 0 saturated carbocycles. The highest BCUT2D eigenvalue weighted by Crippen LogP contribution is 2.26. The summed E-state index contributed by atoms with van der Waals surface area (Å²) in [5.41, 5.74) is 1.09. The lowest BCUT2D eigenvalue weighted by Crippen LogP contribution is -2.40. The van der Waals surface area contributed by atoms with Gasteiger partial charge in [-0.25, -0.2) is 0 Å². The summed E-state index contributed by atoms with van der Waals surface area (Å²) in [6, 6.07) is 15.6. The maximum atomic E-state index is 12.1. The molecule has 0 aliphatic heterocycles. The van der Waals surface area contributed by atoms with Crippen molar-refractivity contribution in [1.82, 2.24) is 15.4 Å². The van der Waals surface area contributed by atoms with Gasteiger partial charge in [-0.1, -0.05) is 47.6 Å². The van der Waals surface area contributed by atoms with Gasteiger partial charge in [0.2, 0.25) is 0 Å². The summed E-state index contributed by atoms with van der Waals surface area (Å²) in [7, 11) is 3.88. The second-order valence-corrected chi connectivity index (χ2v) is 6.10. The summed E-state index contributed by atoms with van der Waals surface area (Å²) >= 11 is 0. The number of carbonyl (C=O) groups is 2. The molecule has 0 aliphatic carbocycles. The topological polar surface area (TPSA) is 87.5 Å². The van der Waals surface area contributed by atoms with Gasteiger partial charge in [0.25, 0.3) is 0 Å². The van der Waals surface area contributed by atoms with Crippen molar-refractivity contribution in [3.63, 3.8) is 0 Å². The number of nitrogens with zero attached hydrogens (tertiary/aromatic N) is 2. The Hall–Kier alpha value is -3.19. The summed E-state index contributed by atoms with van der Waals surface area (Å²) in [5.74, 6) is -1.31. The molecular weight excluding hydrogens is 332 g/mol. The van der Waals surface area contributed by atoms with E-state index in [0.717, 1.165) is 16.3 Å². The van der Waals surface area contributed by atoms with Crippen LogP contribution in [0, 0.1) is 0 Å². The highest BCUT2D eigenvalue weighted by molar-refractivity contribution is 6.39. The van der Waals surface area contributed by atoms with Crippen molar-refractivity contribution in [2.24, 2.45) is 0 Å². The molecule has 7 heteroatoms. The third-order valence-electron chi connectivity index (χ3n) is 4.15. The Balaban J connectivity index is 1.72. The standard InChI is InChI=1S/C19H20N4O3/c1-23(2)16(15-9-5-7-13-6-3-4-8-14(13)15)12-20-18(24)19(25)21-17-10-11-26-22-17/h3-11,16H,12H2,1-2H3,(H,20,24)(H,21,22,25)/t16-/m0/s1. The average Bonchev–Trinajstić information content (AvgIpc) is 3.14. The summed E-state index contributed by atoms with van der Waals surface area (Å²) in [4.78, 5) is 26.0. The van der Waals surface area contributed by atoms with Gasteiger partial charge in [-0.3, -0.25) is 14.9 Å². The Morgan fingerprint density at radius 3 is 2.58 bits per heavy atom. The van der Waals surface area contributed by atoms with Crippen LogP contribution in [0.3, 0.4) is 0 Å². The van der Waals surface area contributed by atoms with Gasteiger partial charge in [0, 0.05) is 12.6 Å². The summed E-state index contributed by atoms with van der Waals surface area (Å²) < 4.78 is 4.62. The van der Waals surface area contributed by atoms with Gasteiger partial charge in [0.1, 0.15) is 6.26 Å². The van der Waals surface area contributed by atoms with Gasteiger partial charge in [-0.2, -0.15) is 0 Å². The quantitative estimate of drug-likeness (QED) is 0.687. The number of hydrogen-bond donors (Lipinski definition) is 2. The van der Waals surface area contributed by atoms with Crippen molar-refractivity contribution >= 4 is 28.4 Å². The zero-order chi connectivity index (χ0) is 18.5. The molecule has 26 heavy (non-hydrogen) atoms. The maximum absolute atomic E-state index is 12.1. The minimum atomic E-state index is -0.783. The van der Waals surface area contributed by atoms with E-state index in [0.29, 0.717) is 6.54 Å². The highest BCUT2D eigenvalue weighted by Gasteiger charge is 2.20. The number of fused-ring (bicyclic) bond motifs is 1. The monoisotopic (exact) mass is 352 g/mol. The number of amides is 2. The lowest BCUT2D eigenvalue weighted by molar-refractivity contribution is -0.136. The minimum Gasteiger partial charge on any atom is -0.363 e. The van der Waals surface area contributed by atoms with Crippen molar-refractivity contribution in [1.29, 1.82) is 0 Å². The van der Waals surface area contributed by atoms with Crippen molar-refractivity contribution < 1.29 is 14.1 Å². The average molecular weight is 352 g/mol. The second kappa shape index (κ2) is 7.79. The molecule has 0 radical (unpaired) electrons. The molecule has 2 aromatic carbocycles. The molecule has 0 bridgehead atoms. The van der Waals surface area contributed by atoms with Crippen molar-refractivity contribution in [2.45, 2.75) is 6.04 Å². The van der Waals surface area contributed by atoms with Crippen LogP contribution in [-0.2, 0) is 9.59 Å². The Morgan fingerprint density at radius 1 is 1.08 bits per heavy atom. The van der Waals surface area contributed by atoms with Gasteiger partial charge in [0.05, 0.1) is 6.04 Å². The van der Waals surface area contributed by atoms with Gasteiger partial charge in [-0.05, 0) is 30.4 Å². The highest BCUT2D eigenvalue weighted by atomic mass is 16.5. The Morgan fingerprint density at radius 2 is 1.85 bits per heavy atom. The summed E-state index contributed by atoms with van der Waals surface area (Å²) in [6.45, 7) is 0.298. The molecule has 134 valence electrons. The number of aromatic nitrogens is 1. The van der Waals surface area contributed by atoms with E-state index in [2.05, 4.69) is 38.5 Å². The van der Waals surface area contributed by atoms with Crippen LogP contribution in [0.1, 0.15) is 11.6 Å². The first kappa shape index (κ1) is 17.6. The van der Waals surface area contributed by atoms with Gasteiger partial charge in [-0.15, -0.1) is 0 Å². The van der Waals surface area contributed by atoms with E-state index in [1.165, 1.54) is 12.3 Å². The van der Waals surface area contributed by atoms with Crippen LogP contribution < -0.4 is 10.6 Å². The zero-order valence-corrected chi connectivity index (χ0v) is 14.6. The van der Waals surface area contributed by atoms with Gasteiger partial charge in [0.15, 0.2) is 5.82 Å². The molecule has 3 aromatic rings. The lowest BCUT2D eigenvalue weighted by atomic mass is 9.98. The third kappa shape index (κ3) is 3.89. The fourth-order valence-corrected chi connectivity index (χ4v) is 2.83. The number of carbonyl (C=O) groups excluding carboxylic acids is 2. The third-order valence-corrected chi connectivity index (χ3v) is 4.15. The lowest BCUT2D eigenvalue weighted by Gasteiger charge is -2.26. The number of rotatable bonds is 5. The Kier molecular flexibility index (Phi) is 5.28. The van der Waals surface area contributed by atoms with Crippen LogP contribution in [0.15, 0.2) is 59.3 Å². The number of likely N-dealkylation sites (N-methyl/N-ethyl adjacent to an activating group) is 1. The molecule has 0 spiro atoms. The first-order valence-corrected chi connectivity index (χ1v) is 8.20. The molecule has 7 nitrogen and oxygen atoms in total. The van der Waals surface area contributed by atoms with Crippen LogP contribution in [0.25, 0.3) is 10.8 Å². The van der Waals surface area contributed by atoms with E-state index >= 15 is 0 Å². The minimum absolute atomic E-state index is 0.0788. The van der Waals surface area contributed by atoms with Crippen molar-refractivity contribution in [3.8, 4) is 0 Å². The summed E-state index contributed by atoms with van der Waals surface area (Å²) in [5, 5.41) is 10.9. The molecule has 2 N–H and O–H groups in total. The van der Waals surface area contributed by atoms with E-state index in [-0.39, 0.29) is 11.9 Å². The normalized spacial score (nSPS) is 12.1. The molecule has 0 fully saturated rings. The molecule has 1 atom stereocenters. The smallest absolute Gasteiger partial charge is 0.314 e. The van der Waals surface area contributed by atoms with Crippen LogP contribution in [0.4, 0.5) is 5.82 Å². The van der Waals surface area contributed by atoms with E-state index in [1.807, 2.05) is 43.3 Å². The molecule has 0 aliphatic rings. The fourth-order valence-electron chi connectivity index (χ4n) is 2.83. The first-order valence-electron chi connectivity index (χ1n) is 8.20. The Bertz CT molecular complexity index is 901. The number of anilines is 1. The molecule has 2 amide bonds. The van der Waals surface area contributed by atoms with Crippen LogP contribution in [0.2, 0.25) is 0 Å². The maximum Gasteiger partial charge on any atom is 0.314 e. The van der Waals surface area contributed by atoms with Gasteiger partial charge >= 0.3 is 11.8 Å². The number of hydrogen-bond acceptors (Lipinski definition) is 5. The summed E-state index contributed by atoms with van der Waals surface area (Å²) in [6.07, 6.45) is 1.32. The molecule has 0 unspecified atom stereocenters. The van der Waals surface area contributed by atoms with E-state index in [9.17, 15) is 9.59 Å². The van der Waals surface area contributed by atoms with Crippen molar-refractivity contribution in [2.75, 3.05) is 26.0 Å². The van der Waals surface area contributed by atoms with Crippen molar-refractivity contribution in [3.05, 3.63) is 60.4 Å². The SMILES string of the molecule is CN(C)[C@@H](CNC(=O)C(=O)Nc1ccon1)c1cccc2ccccc12. The molecule has 1 aromatic heterocycles. The largest absolute Gasteiger partial charge is 0.363 e. The van der Waals surface area contributed by atoms with Crippen LogP contribution in [-0.4, -0.2) is 42.5 Å². The van der Waals surface area contributed by atoms with E-state index < -0.39 is 11.8 Å².